The van der Waals surface area contributed by atoms with E-state index in [1.54, 1.807) is 12.2 Å². The molecule has 0 bridgehead atoms. The molecule has 3 heteroatoms. The molecule has 52 valence electrons. The van der Waals surface area contributed by atoms with Crippen LogP contribution in [0.25, 0.3) is 0 Å². The molecule has 0 aromatic heterocycles. The van der Waals surface area contributed by atoms with Crippen molar-refractivity contribution in [1.29, 1.82) is 0 Å². The van der Waals surface area contributed by atoms with Gasteiger partial charge in [-0.05, 0) is 20.0 Å². The van der Waals surface area contributed by atoms with Crippen LogP contribution in [0.3, 0.4) is 0 Å². The van der Waals surface area contributed by atoms with Crippen molar-refractivity contribution in [3.8, 4) is 0 Å². The molecule has 0 amide bonds. The Morgan fingerprint density at radius 3 is 2.60 bits per heavy atom. The Morgan fingerprint density at radius 1 is 1.70 bits per heavy atom. The normalized spacial score (nSPS) is 14.6. The number of hydrogen-bond acceptors (Lipinski definition) is 1. The van der Waals surface area contributed by atoms with Crippen molar-refractivity contribution < 1.29 is 0 Å². The van der Waals surface area contributed by atoms with Crippen molar-refractivity contribution in [3.05, 3.63) is 35.6 Å². The Balaban J connectivity index is 4.30. The molecule has 0 aromatic rings. The standard InChI is InChI=1S/C7H10BPS/c1-3-5-6(8)7(4-2)9-10/h3-5,9-10H,1H2,2H3/b6-5+,7-4+. The maximum absolute atomic E-state index is 5.63. The topological polar surface area (TPSA) is 0 Å². The molecule has 0 nitrogen and oxygen atoms in total. The number of thiol groups is 1. The van der Waals surface area contributed by atoms with Gasteiger partial charge >= 0.3 is 0 Å². The van der Waals surface area contributed by atoms with Crippen LogP contribution in [0.2, 0.25) is 0 Å². The fourth-order valence-corrected chi connectivity index (χ4v) is 1.63. The SMILES string of the molecule is [B]C(=C/C=C)/C(=C\C)PS. The lowest BCUT2D eigenvalue weighted by Crippen LogP contribution is -1.79. The zero-order valence-electron chi connectivity index (χ0n) is 5.96. The molecule has 0 saturated carbocycles. The number of allylic oxidation sites excluding steroid dienone is 5. The minimum absolute atomic E-state index is 0.454. The first-order valence-corrected chi connectivity index (χ1v) is 5.20. The Hall–Kier alpha value is 0.0649. The first kappa shape index (κ1) is 10.1. The lowest BCUT2D eigenvalue weighted by atomic mass is 9.94. The van der Waals surface area contributed by atoms with Crippen molar-refractivity contribution in [2.45, 2.75) is 6.92 Å². The second kappa shape index (κ2) is 5.82. The van der Waals surface area contributed by atoms with Crippen molar-refractivity contribution in [2.75, 3.05) is 0 Å². The van der Waals surface area contributed by atoms with E-state index in [9.17, 15) is 0 Å². The van der Waals surface area contributed by atoms with Crippen LogP contribution in [-0.4, -0.2) is 7.85 Å². The minimum atomic E-state index is 0.454. The lowest BCUT2D eigenvalue weighted by Gasteiger charge is -2.01. The van der Waals surface area contributed by atoms with Gasteiger partial charge in [-0.3, -0.25) is 0 Å². The van der Waals surface area contributed by atoms with Crippen LogP contribution in [0.15, 0.2) is 35.6 Å². The van der Waals surface area contributed by atoms with Gasteiger partial charge in [0, 0.05) is 0 Å². The van der Waals surface area contributed by atoms with Crippen molar-refractivity contribution >= 4 is 27.9 Å². The Kier molecular flexibility index (Phi) is 5.86. The van der Waals surface area contributed by atoms with E-state index in [4.69, 9.17) is 7.85 Å². The fourth-order valence-electron chi connectivity index (χ4n) is 0.513. The molecule has 0 aliphatic carbocycles. The van der Waals surface area contributed by atoms with Crippen LogP contribution in [0, 0.1) is 0 Å². The van der Waals surface area contributed by atoms with Crippen molar-refractivity contribution in [1.82, 2.24) is 0 Å². The minimum Gasteiger partial charge on any atom is -0.150 e. The van der Waals surface area contributed by atoms with Crippen LogP contribution >= 0.6 is 20.0 Å². The average Bonchev–Trinajstić information content (AvgIpc) is 1.91. The zero-order valence-corrected chi connectivity index (χ0v) is 7.86. The van der Waals surface area contributed by atoms with Gasteiger partial charge < -0.3 is 0 Å². The number of rotatable bonds is 3. The van der Waals surface area contributed by atoms with Gasteiger partial charge in [-0.25, -0.2) is 0 Å². The molecular weight excluding hydrogens is 158 g/mol. The molecule has 0 aliphatic rings. The van der Waals surface area contributed by atoms with Crippen LogP contribution in [0.5, 0.6) is 0 Å². The summed E-state index contributed by atoms with van der Waals surface area (Å²) in [6.45, 7) is 5.49. The Morgan fingerprint density at radius 2 is 2.30 bits per heavy atom. The fraction of sp³-hybridized carbons (Fsp3) is 0.143. The molecular formula is C7H10BPS. The van der Waals surface area contributed by atoms with Gasteiger partial charge in [-0.1, -0.05) is 30.3 Å². The molecule has 1 atom stereocenters. The van der Waals surface area contributed by atoms with Gasteiger partial charge in [0.1, 0.15) is 7.85 Å². The first-order valence-electron chi connectivity index (χ1n) is 2.91. The molecule has 0 N–H and O–H groups in total. The zero-order chi connectivity index (χ0) is 7.98. The summed E-state index contributed by atoms with van der Waals surface area (Å²) in [4.78, 5) is 0. The van der Waals surface area contributed by atoms with Crippen molar-refractivity contribution in [3.63, 3.8) is 0 Å². The Labute approximate surface area is 70.8 Å². The van der Waals surface area contributed by atoms with E-state index in [1.807, 2.05) is 13.0 Å². The van der Waals surface area contributed by atoms with Gasteiger partial charge in [0.25, 0.3) is 0 Å². The quantitative estimate of drug-likeness (QED) is 0.284. The second-order valence-electron chi connectivity index (χ2n) is 1.67. The highest BCUT2D eigenvalue weighted by molar-refractivity contribution is 8.39. The van der Waals surface area contributed by atoms with Gasteiger partial charge in [0.05, 0.1) is 0 Å². The highest BCUT2D eigenvalue weighted by atomic mass is 32.7. The van der Waals surface area contributed by atoms with E-state index < -0.39 is 0 Å². The summed E-state index contributed by atoms with van der Waals surface area (Å²) >= 11 is 4.13. The molecule has 2 radical (unpaired) electrons. The second-order valence-corrected chi connectivity index (χ2v) is 3.10. The first-order chi connectivity index (χ1) is 4.76. The highest BCUT2D eigenvalue weighted by Crippen LogP contribution is 2.31. The molecule has 0 heterocycles. The van der Waals surface area contributed by atoms with E-state index in [-0.39, 0.29) is 0 Å². The van der Waals surface area contributed by atoms with Crippen LogP contribution < -0.4 is 0 Å². The van der Waals surface area contributed by atoms with Gasteiger partial charge in [-0.2, -0.15) is 0 Å². The average molecular weight is 168 g/mol. The summed E-state index contributed by atoms with van der Waals surface area (Å²) in [7, 11) is 6.08. The van der Waals surface area contributed by atoms with E-state index in [2.05, 4.69) is 18.8 Å². The third kappa shape index (κ3) is 3.29. The summed E-state index contributed by atoms with van der Waals surface area (Å²) in [5, 5.41) is 1.07. The molecule has 0 saturated heterocycles. The maximum Gasteiger partial charge on any atom is 0.114 e. The van der Waals surface area contributed by atoms with E-state index >= 15 is 0 Å². The largest absolute Gasteiger partial charge is 0.150 e. The summed E-state index contributed by atoms with van der Waals surface area (Å²) < 4.78 is 0. The lowest BCUT2D eigenvalue weighted by molar-refractivity contribution is 1.68. The maximum atomic E-state index is 5.63. The van der Waals surface area contributed by atoms with E-state index in [0.29, 0.717) is 7.78 Å². The molecule has 1 unspecified atom stereocenters. The molecule has 0 aliphatic heterocycles. The highest BCUT2D eigenvalue weighted by Gasteiger charge is 1.92. The third-order valence-electron chi connectivity index (χ3n) is 1.02. The van der Waals surface area contributed by atoms with Crippen molar-refractivity contribution in [2.24, 2.45) is 0 Å². The van der Waals surface area contributed by atoms with Gasteiger partial charge in [-0.15, -0.1) is 12.2 Å². The molecule has 0 fully saturated rings. The third-order valence-corrected chi connectivity index (χ3v) is 2.56. The van der Waals surface area contributed by atoms with E-state index in [1.165, 1.54) is 0 Å². The molecule has 10 heavy (non-hydrogen) atoms. The predicted molar refractivity (Wildman–Crippen MR) is 55.1 cm³/mol. The Bertz CT molecular complexity index is 172. The smallest absolute Gasteiger partial charge is 0.114 e. The predicted octanol–water partition coefficient (Wildman–Crippen LogP) is 2.65. The summed E-state index contributed by atoms with van der Waals surface area (Å²) in [6, 6.07) is 0. The van der Waals surface area contributed by atoms with Gasteiger partial charge in [0.15, 0.2) is 0 Å². The monoisotopic (exact) mass is 168 g/mol. The molecule has 0 spiro atoms. The van der Waals surface area contributed by atoms with Crippen LogP contribution in [0.1, 0.15) is 6.92 Å². The summed E-state index contributed by atoms with van der Waals surface area (Å²) in [6.07, 6.45) is 5.41. The van der Waals surface area contributed by atoms with Crippen LogP contribution in [0.4, 0.5) is 0 Å². The number of hydrogen-bond donors (Lipinski definition) is 1. The summed E-state index contributed by atoms with van der Waals surface area (Å²) in [5.74, 6) is 0. The van der Waals surface area contributed by atoms with Crippen LogP contribution in [-0.2, 0) is 0 Å². The van der Waals surface area contributed by atoms with Gasteiger partial charge in [0.2, 0.25) is 0 Å². The molecule has 0 rings (SSSR count). The molecule has 0 aromatic carbocycles. The van der Waals surface area contributed by atoms with E-state index in [0.717, 1.165) is 10.8 Å². The summed E-state index contributed by atoms with van der Waals surface area (Å²) in [5.41, 5.74) is 0.755.